The first-order valence-electron chi connectivity index (χ1n) is 4.41. The fourth-order valence-corrected chi connectivity index (χ4v) is 0.586. The summed E-state index contributed by atoms with van der Waals surface area (Å²) in [6, 6.07) is 6.15. The van der Waals surface area contributed by atoms with E-state index in [2.05, 4.69) is 9.95 Å². The Balaban J connectivity index is 0. The summed E-state index contributed by atoms with van der Waals surface area (Å²) in [7, 11) is -12.0. The third kappa shape index (κ3) is 24.7. The maximum atomic E-state index is 9.75. The molecule has 0 N–H and O–H groups in total. The van der Waals surface area contributed by atoms with Crippen LogP contribution < -0.4 is 0 Å². The number of halogens is 8. The van der Waals surface area contributed by atoms with Crippen LogP contribution in [0.4, 0.5) is 45.9 Å². The maximum absolute atomic E-state index is 9.75. The molecule has 20 heavy (non-hydrogen) atoms. The van der Waals surface area contributed by atoms with Crippen molar-refractivity contribution < 1.29 is 34.5 Å². The van der Waals surface area contributed by atoms with E-state index in [1.54, 1.807) is 0 Å². The van der Waals surface area contributed by atoms with Crippen molar-refractivity contribution in [2.45, 2.75) is 0 Å². The summed E-state index contributed by atoms with van der Waals surface area (Å²) < 4.78 is 78.0. The minimum absolute atomic E-state index is 0.437. The van der Waals surface area contributed by atoms with Crippen molar-refractivity contribution >= 4 is 25.9 Å². The van der Waals surface area contributed by atoms with E-state index in [0.717, 1.165) is 0 Å². The van der Waals surface area contributed by atoms with Gasteiger partial charge in [0, 0.05) is 24.3 Å². The fourth-order valence-electron chi connectivity index (χ4n) is 0.586. The lowest BCUT2D eigenvalue weighted by Crippen LogP contribution is -2.02. The molecule has 4 nitrogen and oxygen atoms in total. The molecule has 0 amide bonds. The molecule has 0 aliphatic heterocycles. The van der Waals surface area contributed by atoms with Crippen LogP contribution >= 0.6 is 0 Å². The molecule has 14 heteroatoms. The molecule has 110 valence electrons. The molecule has 1 rings (SSSR count). The summed E-state index contributed by atoms with van der Waals surface area (Å²) in [5.41, 5.74) is 0.875. The molecule has 0 saturated heterocycles. The average Bonchev–Trinajstić information content (AvgIpc) is 2.25. The van der Waals surface area contributed by atoms with E-state index in [4.69, 9.17) is 10.8 Å². The number of diazo groups is 2. The van der Waals surface area contributed by atoms with Crippen molar-refractivity contribution in [3.05, 3.63) is 34.2 Å². The topological polar surface area (TPSA) is 56.3 Å². The van der Waals surface area contributed by atoms with Crippen LogP contribution in [0, 0.1) is 10.8 Å². The van der Waals surface area contributed by atoms with Gasteiger partial charge in [0.1, 0.15) is 0 Å². The van der Waals surface area contributed by atoms with Gasteiger partial charge >= 0.3 is 25.9 Å². The summed E-state index contributed by atoms with van der Waals surface area (Å²) >= 11 is 0. The van der Waals surface area contributed by atoms with E-state index in [-0.39, 0.29) is 0 Å². The van der Waals surface area contributed by atoms with Crippen LogP contribution in [0.15, 0.2) is 24.3 Å². The van der Waals surface area contributed by atoms with Gasteiger partial charge in [-0.25, -0.2) is 0 Å². The van der Waals surface area contributed by atoms with E-state index in [0.29, 0.717) is 11.4 Å². The van der Waals surface area contributed by atoms with Gasteiger partial charge in [-0.15, -0.1) is 0 Å². The average molecular weight is 306 g/mol. The number of rotatable bonds is 0. The van der Waals surface area contributed by atoms with E-state index >= 15 is 0 Å². The Morgan fingerprint density at radius 3 is 0.850 bits per heavy atom. The third-order valence-electron chi connectivity index (χ3n) is 1.08. The summed E-state index contributed by atoms with van der Waals surface area (Å²) in [5, 5.41) is 16.5. The normalized spacial score (nSPS) is 9.90. The highest BCUT2D eigenvalue weighted by Crippen LogP contribution is 2.17. The summed E-state index contributed by atoms with van der Waals surface area (Å²) in [4.78, 5) is 5.85. The van der Waals surface area contributed by atoms with Crippen molar-refractivity contribution in [3.63, 3.8) is 0 Å². The predicted octanol–water partition coefficient (Wildman–Crippen LogP) is 5.26. The predicted molar refractivity (Wildman–Crippen MR) is 56.3 cm³/mol. The highest BCUT2D eigenvalue weighted by atomic mass is 19.5. The van der Waals surface area contributed by atoms with Gasteiger partial charge < -0.3 is 34.5 Å². The van der Waals surface area contributed by atoms with Gasteiger partial charge in [0.2, 0.25) is 10.8 Å². The second-order valence-electron chi connectivity index (χ2n) is 2.71. The van der Waals surface area contributed by atoms with Crippen LogP contribution in [0.3, 0.4) is 0 Å². The highest BCUT2D eigenvalue weighted by molar-refractivity contribution is 6.50. The molecule has 0 heterocycles. The SMILES string of the molecule is F[B-](F)(F)F.F[B-](F)(F)F.N#[N+]c1ccc([N+]#N)cc1. The first-order valence-corrected chi connectivity index (χ1v) is 4.41. The molecule has 0 spiro atoms. The second kappa shape index (κ2) is 8.68. The van der Waals surface area contributed by atoms with Gasteiger partial charge in [0.15, 0.2) is 9.95 Å². The second-order valence-corrected chi connectivity index (χ2v) is 2.71. The first kappa shape index (κ1) is 20.0. The van der Waals surface area contributed by atoms with Crippen molar-refractivity contribution in [2.75, 3.05) is 0 Å². The maximum Gasteiger partial charge on any atom is 0.673 e. The molecule has 0 radical (unpaired) electrons. The zero-order valence-electron chi connectivity index (χ0n) is 9.28. The summed E-state index contributed by atoms with van der Waals surface area (Å²) in [6.07, 6.45) is 0. The van der Waals surface area contributed by atoms with Crippen LogP contribution in [0.5, 0.6) is 0 Å². The lowest BCUT2D eigenvalue weighted by molar-refractivity contribution is 0.366. The Labute approximate surface area is 106 Å². The minimum Gasteiger partial charge on any atom is -0.418 e. The zero-order chi connectivity index (χ0) is 16.4. The molecular weight excluding hydrogens is 302 g/mol. The van der Waals surface area contributed by atoms with E-state index in [1.807, 2.05) is 0 Å². The number of hydrogen-bond acceptors (Lipinski definition) is 2. The Bertz CT molecular complexity index is 413. The third-order valence-corrected chi connectivity index (χ3v) is 1.08. The first-order chi connectivity index (χ1) is 8.86. The van der Waals surface area contributed by atoms with Crippen LogP contribution in [0.1, 0.15) is 0 Å². The molecule has 0 fully saturated rings. The van der Waals surface area contributed by atoms with Crippen molar-refractivity contribution in [1.29, 1.82) is 10.8 Å². The molecule has 1 aromatic carbocycles. The van der Waals surface area contributed by atoms with Gasteiger partial charge in [0.05, 0.1) is 0 Å². The largest absolute Gasteiger partial charge is 0.673 e. The van der Waals surface area contributed by atoms with Crippen LogP contribution in [0.25, 0.3) is 9.95 Å². The van der Waals surface area contributed by atoms with E-state index in [9.17, 15) is 34.5 Å². The number of nitrogens with zero attached hydrogens (tertiary/aromatic N) is 4. The fraction of sp³-hybridized carbons (Fsp3) is 0. The van der Waals surface area contributed by atoms with Crippen LogP contribution in [-0.4, -0.2) is 14.5 Å². The minimum atomic E-state index is -6.00. The van der Waals surface area contributed by atoms with E-state index < -0.39 is 14.5 Å². The Kier molecular flexibility index (Phi) is 8.67. The van der Waals surface area contributed by atoms with E-state index in [1.165, 1.54) is 24.3 Å². The Hall–Kier alpha value is -2.37. The quantitative estimate of drug-likeness (QED) is 0.373. The lowest BCUT2D eigenvalue weighted by Gasteiger charge is -1.94. The smallest absolute Gasteiger partial charge is 0.418 e. The Morgan fingerprint density at radius 2 is 0.750 bits per heavy atom. The standard InChI is InChI=1S/C6H4N4.2BF4/c7-9-5-1-2-6(10-8)4-3-5;2*2-1(3,4)5/h1-4H;;/q+2;2*-1. The molecule has 0 aliphatic rings. The van der Waals surface area contributed by atoms with Crippen LogP contribution in [0.2, 0.25) is 0 Å². The van der Waals surface area contributed by atoms with Crippen molar-refractivity contribution in [3.8, 4) is 0 Å². The summed E-state index contributed by atoms with van der Waals surface area (Å²) in [6.45, 7) is 0. The molecule has 1 aromatic rings. The monoisotopic (exact) mass is 306 g/mol. The number of benzene rings is 1. The van der Waals surface area contributed by atoms with Gasteiger partial charge in [-0.1, -0.05) is 0 Å². The van der Waals surface area contributed by atoms with Crippen molar-refractivity contribution in [1.82, 2.24) is 0 Å². The Morgan fingerprint density at radius 1 is 0.600 bits per heavy atom. The van der Waals surface area contributed by atoms with Crippen LogP contribution in [-0.2, 0) is 0 Å². The molecule has 0 atom stereocenters. The zero-order valence-corrected chi connectivity index (χ0v) is 9.28. The molecule has 0 aromatic heterocycles. The van der Waals surface area contributed by atoms with Gasteiger partial charge in [0.25, 0.3) is 0 Å². The molecule has 0 aliphatic carbocycles. The highest BCUT2D eigenvalue weighted by Gasteiger charge is 2.21. The molecule has 0 unspecified atom stereocenters. The van der Waals surface area contributed by atoms with Crippen molar-refractivity contribution in [2.24, 2.45) is 0 Å². The molecular formula is C6H4B2F8N4. The number of hydrogen-bond donors (Lipinski definition) is 0. The van der Waals surface area contributed by atoms with Gasteiger partial charge in [-0.2, -0.15) is 0 Å². The van der Waals surface area contributed by atoms with Gasteiger partial charge in [-0.3, -0.25) is 0 Å². The molecule has 0 saturated carbocycles. The lowest BCUT2D eigenvalue weighted by atomic mass is 10.3. The van der Waals surface area contributed by atoms with Gasteiger partial charge in [-0.05, 0) is 0 Å². The summed E-state index contributed by atoms with van der Waals surface area (Å²) in [5.74, 6) is 0. The molecule has 0 bridgehead atoms.